The van der Waals surface area contributed by atoms with Crippen LogP contribution in [0.2, 0.25) is 0 Å². The van der Waals surface area contributed by atoms with Gasteiger partial charge in [-0.1, -0.05) is 12.1 Å². The Hall–Kier alpha value is -1.92. The summed E-state index contributed by atoms with van der Waals surface area (Å²) in [5, 5.41) is 0. The molecule has 27 heavy (non-hydrogen) atoms. The zero-order valence-electron chi connectivity index (χ0n) is 15.9. The van der Waals surface area contributed by atoms with Gasteiger partial charge in [0.15, 0.2) is 0 Å². The molecule has 6 nitrogen and oxygen atoms in total. The molecular weight excluding hydrogens is 342 g/mol. The number of piperazine rings is 1. The first-order valence-corrected chi connectivity index (χ1v) is 10.2. The summed E-state index contributed by atoms with van der Waals surface area (Å²) in [4.78, 5) is 31.1. The third-order valence-corrected chi connectivity index (χ3v) is 5.89. The largest absolute Gasteiger partial charge is 0.368 e. The van der Waals surface area contributed by atoms with Gasteiger partial charge in [0.2, 0.25) is 0 Å². The fraction of sp³-hybridized carbons (Fsp3) is 0.619. The van der Waals surface area contributed by atoms with Crippen LogP contribution in [0.25, 0.3) is 0 Å². The monoisotopic (exact) mass is 371 g/mol. The molecule has 0 bridgehead atoms. The van der Waals surface area contributed by atoms with Crippen molar-refractivity contribution in [2.75, 3.05) is 45.9 Å². The molecular formula is C21H29N3O3. The summed E-state index contributed by atoms with van der Waals surface area (Å²) in [5.74, 6) is 0.317. The van der Waals surface area contributed by atoms with Crippen molar-refractivity contribution >= 4 is 11.8 Å². The first-order chi connectivity index (χ1) is 13.2. The summed E-state index contributed by atoms with van der Waals surface area (Å²) in [7, 11) is 0. The van der Waals surface area contributed by atoms with Gasteiger partial charge in [-0.3, -0.25) is 14.5 Å². The molecule has 4 rings (SSSR count). The molecule has 0 N–H and O–H groups in total. The van der Waals surface area contributed by atoms with Crippen molar-refractivity contribution in [1.29, 1.82) is 0 Å². The van der Waals surface area contributed by atoms with E-state index >= 15 is 0 Å². The van der Waals surface area contributed by atoms with Crippen LogP contribution in [0.15, 0.2) is 24.3 Å². The highest BCUT2D eigenvalue weighted by atomic mass is 16.5. The molecule has 0 aromatic heterocycles. The number of nitrogens with zero attached hydrogens (tertiary/aromatic N) is 3. The minimum Gasteiger partial charge on any atom is -0.368 e. The van der Waals surface area contributed by atoms with Crippen LogP contribution < -0.4 is 0 Å². The lowest BCUT2D eigenvalue weighted by Crippen LogP contribution is -2.51. The number of carbonyl (C=O) groups excluding carboxylic acids is 2. The summed E-state index contributed by atoms with van der Waals surface area (Å²) in [6.45, 7) is 6.64. The van der Waals surface area contributed by atoms with Crippen molar-refractivity contribution in [3.8, 4) is 0 Å². The van der Waals surface area contributed by atoms with E-state index < -0.39 is 0 Å². The molecule has 0 aliphatic carbocycles. The summed E-state index contributed by atoms with van der Waals surface area (Å²) in [6.07, 6.45) is 3.88. The molecule has 3 heterocycles. The van der Waals surface area contributed by atoms with Crippen LogP contribution in [-0.4, -0.2) is 78.5 Å². The molecule has 1 aromatic carbocycles. The number of ether oxygens (including phenoxy) is 1. The van der Waals surface area contributed by atoms with Crippen molar-refractivity contribution in [1.82, 2.24) is 14.7 Å². The predicted molar refractivity (Wildman–Crippen MR) is 102 cm³/mol. The SMILES string of the molecule is O=C(c1ccc(CN2CCN(C(=O)[C@@H]3CCCO3)CC2)cc1)N1CCCC1. The summed E-state index contributed by atoms with van der Waals surface area (Å²) in [5.41, 5.74) is 2.00. The fourth-order valence-electron chi connectivity index (χ4n) is 4.22. The van der Waals surface area contributed by atoms with Crippen molar-refractivity contribution < 1.29 is 14.3 Å². The van der Waals surface area contributed by atoms with E-state index in [2.05, 4.69) is 17.0 Å². The lowest BCUT2D eigenvalue weighted by Gasteiger charge is -2.35. The van der Waals surface area contributed by atoms with Gasteiger partial charge in [0.05, 0.1) is 0 Å². The van der Waals surface area contributed by atoms with E-state index in [0.29, 0.717) is 6.61 Å². The van der Waals surface area contributed by atoms with Crippen LogP contribution in [0.1, 0.15) is 41.6 Å². The molecule has 3 saturated heterocycles. The van der Waals surface area contributed by atoms with Crippen molar-refractivity contribution in [2.45, 2.75) is 38.3 Å². The third-order valence-electron chi connectivity index (χ3n) is 5.89. The second kappa shape index (κ2) is 8.40. The van der Waals surface area contributed by atoms with Gasteiger partial charge in [-0.05, 0) is 43.4 Å². The topological polar surface area (TPSA) is 53.1 Å². The highest BCUT2D eigenvalue weighted by molar-refractivity contribution is 5.94. The van der Waals surface area contributed by atoms with Crippen molar-refractivity contribution in [2.24, 2.45) is 0 Å². The van der Waals surface area contributed by atoms with E-state index in [1.165, 1.54) is 5.56 Å². The van der Waals surface area contributed by atoms with Crippen LogP contribution >= 0.6 is 0 Å². The van der Waals surface area contributed by atoms with E-state index in [4.69, 9.17) is 4.74 Å². The van der Waals surface area contributed by atoms with Gasteiger partial charge in [0.1, 0.15) is 6.10 Å². The standard InChI is InChI=1S/C21H29N3O3/c25-20(23-9-1-2-10-23)18-7-5-17(6-8-18)16-22-11-13-24(14-12-22)21(26)19-4-3-15-27-19/h5-8,19H,1-4,9-16H2/t19-/m0/s1. The second-order valence-electron chi connectivity index (χ2n) is 7.80. The average molecular weight is 371 g/mol. The Morgan fingerprint density at radius 1 is 0.889 bits per heavy atom. The van der Waals surface area contributed by atoms with Gasteiger partial charge >= 0.3 is 0 Å². The minimum absolute atomic E-state index is 0.153. The lowest BCUT2D eigenvalue weighted by atomic mass is 10.1. The maximum Gasteiger partial charge on any atom is 0.253 e. The van der Waals surface area contributed by atoms with E-state index in [1.807, 2.05) is 21.9 Å². The lowest BCUT2D eigenvalue weighted by molar-refractivity contribution is -0.142. The molecule has 0 saturated carbocycles. The Labute approximate surface area is 161 Å². The van der Waals surface area contributed by atoms with Crippen LogP contribution in [0, 0.1) is 0 Å². The molecule has 3 fully saturated rings. The Morgan fingerprint density at radius 3 is 2.22 bits per heavy atom. The Bertz CT molecular complexity index is 656. The minimum atomic E-state index is -0.211. The number of benzene rings is 1. The molecule has 146 valence electrons. The first kappa shape index (κ1) is 18.4. The van der Waals surface area contributed by atoms with E-state index in [-0.39, 0.29) is 17.9 Å². The molecule has 0 radical (unpaired) electrons. The Morgan fingerprint density at radius 2 is 1.59 bits per heavy atom. The number of hydrogen-bond acceptors (Lipinski definition) is 4. The van der Waals surface area contributed by atoms with E-state index in [0.717, 1.165) is 77.1 Å². The van der Waals surface area contributed by atoms with Gasteiger partial charge in [0, 0.05) is 58.0 Å². The Kier molecular flexibility index (Phi) is 5.74. The molecule has 3 aliphatic heterocycles. The summed E-state index contributed by atoms with van der Waals surface area (Å²) >= 11 is 0. The van der Waals surface area contributed by atoms with Crippen molar-refractivity contribution in [3.63, 3.8) is 0 Å². The third kappa shape index (κ3) is 4.33. The van der Waals surface area contributed by atoms with Crippen LogP contribution in [0.4, 0.5) is 0 Å². The first-order valence-electron chi connectivity index (χ1n) is 10.2. The van der Waals surface area contributed by atoms with Crippen LogP contribution in [-0.2, 0) is 16.1 Å². The number of rotatable bonds is 4. The fourth-order valence-corrected chi connectivity index (χ4v) is 4.22. The zero-order chi connectivity index (χ0) is 18.6. The average Bonchev–Trinajstić information content (AvgIpc) is 3.42. The molecule has 1 atom stereocenters. The zero-order valence-corrected chi connectivity index (χ0v) is 15.9. The highest BCUT2D eigenvalue weighted by Gasteiger charge is 2.30. The molecule has 6 heteroatoms. The number of hydrogen-bond donors (Lipinski definition) is 0. The summed E-state index contributed by atoms with van der Waals surface area (Å²) < 4.78 is 5.52. The number of carbonyl (C=O) groups is 2. The van der Waals surface area contributed by atoms with Crippen molar-refractivity contribution in [3.05, 3.63) is 35.4 Å². The quantitative estimate of drug-likeness (QED) is 0.809. The maximum atomic E-state index is 12.4. The van der Waals surface area contributed by atoms with E-state index in [1.54, 1.807) is 0 Å². The predicted octanol–water partition coefficient (Wildman–Crippen LogP) is 1.75. The second-order valence-corrected chi connectivity index (χ2v) is 7.80. The normalized spacial score (nSPS) is 23.8. The Balaban J connectivity index is 1.26. The van der Waals surface area contributed by atoms with Crippen LogP contribution in [0.3, 0.4) is 0 Å². The molecule has 3 aliphatic rings. The molecule has 1 aromatic rings. The van der Waals surface area contributed by atoms with Crippen LogP contribution in [0.5, 0.6) is 0 Å². The van der Waals surface area contributed by atoms with Gasteiger partial charge in [-0.15, -0.1) is 0 Å². The van der Waals surface area contributed by atoms with Gasteiger partial charge in [0.25, 0.3) is 11.8 Å². The molecule has 0 unspecified atom stereocenters. The number of likely N-dealkylation sites (tertiary alicyclic amines) is 1. The summed E-state index contributed by atoms with van der Waals surface area (Å²) in [6, 6.07) is 8.03. The van der Waals surface area contributed by atoms with Gasteiger partial charge in [-0.25, -0.2) is 0 Å². The van der Waals surface area contributed by atoms with Gasteiger partial charge in [-0.2, -0.15) is 0 Å². The smallest absolute Gasteiger partial charge is 0.253 e. The van der Waals surface area contributed by atoms with E-state index in [9.17, 15) is 9.59 Å². The molecule has 2 amide bonds. The number of amides is 2. The van der Waals surface area contributed by atoms with Gasteiger partial charge < -0.3 is 14.5 Å². The molecule has 0 spiro atoms. The highest BCUT2D eigenvalue weighted by Crippen LogP contribution is 2.18. The maximum absolute atomic E-state index is 12.4.